The molecule has 2 aromatic heterocycles. The largest absolute Gasteiger partial charge is 0.461 e. The Labute approximate surface area is 121 Å². The molecule has 0 fully saturated rings. The van der Waals surface area contributed by atoms with Gasteiger partial charge in [-0.1, -0.05) is 0 Å². The number of furan rings is 1. The van der Waals surface area contributed by atoms with Crippen molar-refractivity contribution in [2.75, 3.05) is 13.7 Å². The van der Waals surface area contributed by atoms with Crippen molar-refractivity contribution in [1.29, 1.82) is 0 Å². The van der Waals surface area contributed by atoms with Crippen LogP contribution in [0.25, 0.3) is 10.8 Å². The topological polar surface area (TPSA) is 61.6 Å². The number of hydrogen-bond donors (Lipinski definition) is 0. The van der Waals surface area contributed by atoms with Gasteiger partial charge >= 0.3 is 5.97 Å². The highest BCUT2D eigenvalue weighted by atomic mass is 32.1. The Balaban J connectivity index is 1.93. The van der Waals surface area contributed by atoms with Crippen molar-refractivity contribution >= 4 is 17.3 Å². The van der Waals surface area contributed by atoms with Crippen LogP contribution >= 0.6 is 11.3 Å². The molecule has 0 aliphatic rings. The summed E-state index contributed by atoms with van der Waals surface area (Å²) in [6.07, 6.45) is 0.733. The van der Waals surface area contributed by atoms with E-state index in [1.807, 2.05) is 26.0 Å². The van der Waals surface area contributed by atoms with Crippen LogP contribution in [0.2, 0.25) is 0 Å². The van der Waals surface area contributed by atoms with Crippen molar-refractivity contribution in [2.24, 2.45) is 0 Å². The Morgan fingerprint density at radius 1 is 1.50 bits per heavy atom. The first kappa shape index (κ1) is 14.7. The van der Waals surface area contributed by atoms with E-state index >= 15 is 0 Å². The van der Waals surface area contributed by atoms with E-state index in [1.165, 1.54) is 11.3 Å². The lowest BCUT2D eigenvalue weighted by atomic mass is 10.3. The second-order valence-electron chi connectivity index (χ2n) is 4.42. The smallest absolute Gasteiger partial charge is 0.357 e. The van der Waals surface area contributed by atoms with E-state index < -0.39 is 5.97 Å². The predicted molar refractivity (Wildman–Crippen MR) is 75.9 cm³/mol. The first-order valence-corrected chi connectivity index (χ1v) is 7.20. The Bertz CT molecular complexity index is 575. The summed E-state index contributed by atoms with van der Waals surface area (Å²) in [5.41, 5.74) is 0.309. The Morgan fingerprint density at radius 2 is 2.30 bits per heavy atom. The molecule has 0 aliphatic heterocycles. The number of nitrogens with zero attached hydrogens (tertiary/aromatic N) is 1. The zero-order valence-electron chi connectivity index (χ0n) is 11.7. The fourth-order valence-electron chi connectivity index (χ4n) is 1.54. The molecule has 0 radical (unpaired) electrons. The molecule has 2 heterocycles. The first-order valence-electron chi connectivity index (χ1n) is 6.32. The number of carbonyl (C=O) groups is 1. The lowest BCUT2D eigenvalue weighted by molar-refractivity contribution is 0.0386. The van der Waals surface area contributed by atoms with Crippen molar-refractivity contribution in [3.05, 3.63) is 29.0 Å². The average Bonchev–Trinajstić information content (AvgIpc) is 3.06. The van der Waals surface area contributed by atoms with Crippen LogP contribution in [0.5, 0.6) is 0 Å². The van der Waals surface area contributed by atoms with Gasteiger partial charge in [0, 0.05) is 18.9 Å². The van der Waals surface area contributed by atoms with Crippen LogP contribution in [0.1, 0.15) is 29.6 Å². The number of hydrogen-bond acceptors (Lipinski definition) is 6. The molecule has 0 aromatic carbocycles. The summed E-state index contributed by atoms with van der Waals surface area (Å²) in [6, 6.07) is 3.70. The van der Waals surface area contributed by atoms with Gasteiger partial charge in [-0.05, 0) is 26.0 Å². The fourth-order valence-corrected chi connectivity index (χ4v) is 2.29. The Morgan fingerprint density at radius 3 is 2.95 bits per heavy atom. The molecular formula is C14H17NO4S. The molecule has 0 bridgehead atoms. The minimum absolute atomic E-state index is 0.0693. The molecule has 0 N–H and O–H groups in total. The molecule has 0 amide bonds. The van der Waals surface area contributed by atoms with Crippen molar-refractivity contribution in [3.63, 3.8) is 0 Å². The van der Waals surface area contributed by atoms with Gasteiger partial charge in [0.25, 0.3) is 0 Å². The Kier molecular flexibility index (Phi) is 4.92. The van der Waals surface area contributed by atoms with Crippen LogP contribution in [-0.4, -0.2) is 30.8 Å². The summed E-state index contributed by atoms with van der Waals surface area (Å²) in [5.74, 6) is 1.06. The highest BCUT2D eigenvalue weighted by Gasteiger charge is 2.15. The lowest BCUT2D eigenvalue weighted by Crippen LogP contribution is -2.13. The third-order valence-electron chi connectivity index (χ3n) is 2.82. The van der Waals surface area contributed by atoms with Crippen LogP contribution in [0.3, 0.4) is 0 Å². The van der Waals surface area contributed by atoms with Crippen LogP contribution in [0.4, 0.5) is 0 Å². The van der Waals surface area contributed by atoms with E-state index in [0.717, 1.165) is 5.76 Å². The van der Waals surface area contributed by atoms with Crippen molar-refractivity contribution in [3.8, 4) is 10.8 Å². The zero-order chi connectivity index (χ0) is 14.5. The molecule has 6 heteroatoms. The van der Waals surface area contributed by atoms with Crippen LogP contribution < -0.4 is 0 Å². The van der Waals surface area contributed by atoms with Gasteiger partial charge in [-0.25, -0.2) is 9.78 Å². The highest BCUT2D eigenvalue weighted by molar-refractivity contribution is 7.13. The quantitative estimate of drug-likeness (QED) is 0.765. The van der Waals surface area contributed by atoms with Gasteiger partial charge in [0.2, 0.25) is 0 Å². The standard InChI is InChI=1S/C14H17NO4S/c1-9(17-3)6-7-18-14(16)11-8-20-13(15-11)12-5-4-10(2)19-12/h4-5,8-9H,6-7H2,1-3H3/t9-/m0/s1. The number of aromatic nitrogens is 1. The van der Waals surface area contributed by atoms with Gasteiger partial charge in [-0.2, -0.15) is 0 Å². The molecule has 0 spiro atoms. The maximum absolute atomic E-state index is 11.8. The third-order valence-corrected chi connectivity index (χ3v) is 3.68. The number of methoxy groups -OCH3 is 1. The Hall–Kier alpha value is -1.66. The SMILES string of the molecule is CO[C@@H](C)CCOC(=O)c1csc(-c2ccc(C)o2)n1. The average molecular weight is 295 g/mol. The third kappa shape index (κ3) is 3.68. The van der Waals surface area contributed by atoms with Crippen LogP contribution in [-0.2, 0) is 9.47 Å². The van der Waals surface area contributed by atoms with Gasteiger partial charge in [0.1, 0.15) is 5.76 Å². The summed E-state index contributed by atoms with van der Waals surface area (Å²) in [6.45, 7) is 4.11. The number of carbonyl (C=O) groups excluding carboxylic acids is 1. The van der Waals surface area contributed by atoms with Crippen molar-refractivity contribution in [2.45, 2.75) is 26.4 Å². The molecule has 20 heavy (non-hydrogen) atoms. The van der Waals surface area contributed by atoms with E-state index in [4.69, 9.17) is 13.9 Å². The summed E-state index contributed by atoms with van der Waals surface area (Å²) in [4.78, 5) is 16.0. The molecule has 1 atom stereocenters. The van der Waals surface area contributed by atoms with E-state index in [9.17, 15) is 4.79 Å². The molecule has 2 aromatic rings. The summed E-state index contributed by atoms with van der Waals surface area (Å²) in [7, 11) is 1.63. The monoisotopic (exact) mass is 295 g/mol. The highest BCUT2D eigenvalue weighted by Crippen LogP contribution is 2.25. The molecule has 108 valence electrons. The number of rotatable bonds is 6. The van der Waals surface area contributed by atoms with Gasteiger partial charge in [0.05, 0.1) is 12.7 Å². The minimum atomic E-state index is -0.418. The number of esters is 1. The van der Waals surface area contributed by atoms with Crippen LogP contribution in [0, 0.1) is 6.92 Å². The molecule has 0 saturated heterocycles. The van der Waals surface area contributed by atoms with Gasteiger partial charge in [-0.15, -0.1) is 11.3 Å². The molecule has 2 rings (SSSR count). The van der Waals surface area contributed by atoms with Gasteiger partial charge < -0.3 is 13.9 Å². The first-order chi connectivity index (χ1) is 9.60. The molecule has 0 unspecified atom stereocenters. The zero-order valence-corrected chi connectivity index (χ0v) is 12.5. The molecule has 5 nitrogen and oxygen atoms in total. The molecule has 0 saturated carbocycles. The van der Waals surface area contributed by atoms with Gasteiger partial charge in [0.15, 0.2) is 16.5 Å². The normalized spacial score (nSPS) is 12.3. The molecule has 0 aliphatic carbocycles. The number of thiazole rings is 1. The van der Waals surface area contributed by atoms with Crippen molar-refractivity contribution < 1.29 is 18.7 Å². The predicted octanol–water partition coefficient (Wildman–Crippen LogP) is 3.29. The van der Waals surface area contributed by atoms with E-state index in [0.29, 0.717) is 29.5 Å². The number of aryl methyl sites for hydroxylation is 1. The van der Waals surface area contributed by atoms with Crippen LogP contribution in [0.15, 0.2) is 21.9 Å². The lowest BCUT2D eigenvalue weighted by Gasteiger charge is -2.08. The minimum Gasteiger partial charge on any atom is -0.461 e. The maximum atomic E-state index is 11.8. The summed E-state index contributed by atoms with van der Waals surface area (Å²) in [5, 5.41) is 2.35. The second-order valence-corrected chi connectivity index (χ2v) is 5.28. The van der Waals surface area contributed by atoms with Crippen molar-refractivity contribution in [1.82, 2.24) is 4.98 Å². The second kappa shape index (κ2) is 6.67. The van der Waals surface area contributed by atoms with E-state index in [1.54, 1.807) is 12.5 Å². The van der Waals surface area contributed by atoms with E-state index in [2.05, 4.69) is 4.98 Å². The number of ether oxygens (including phenoxy) is 2. The fraction of sp³-hybridized carbons (Fsp3) is 0.429. The summed E-state index contributed by atoms with van der Waals surface area (Å²) < 4.78 is 15.7. The van der Waals surface area contributed by atoms with Gasteiger partial charge in [-0.3, -0.25) is 0 Å². The maximum Gasteiger partial charge on any atom is 0.357 e. The van der Waals surface area contributed by atoms with E-state index in [-0.39, 0.29) is 6.10 Å². The summed E-state index contributed by atoms with van der Waals surface area (Å²) >= 11 is 1.36. The molecular weight excluding hydrogens is 278 g/mol.